The number of fused-ring (bicyclic) bond motifs is 1. The number of nitrogens with zero attached hydrogens (tertiary/aromatic N) is 3. The molecule has 0 saturated carbocycles. The van der Waals surface area contributed by atoms with Gasteiger partial charge < -0.3 is 14.9 Å². The molecule has 1 aliphatic heterocycles. The van der Waals surface area contributed by atoms with Crippen molar-refractivity contribution in [2.75, 3.05) is 33.7 Å². The fourth-order valence-electron chi connectivity index (χ4n) is 4.13. The first-order chi connectivity index (χ1) is 12.7. The summed E-state index contributed by atoms with van der Waals surface area (Å²) in [5.41, 5.74) is 4.08. The minimum Gasteiger partial charge on any atom is -0.388 e. The Morgan fingerprint density at radius 3 is 2.67 bits per heavy atom. The lowest BCUT2D eigenvalue weighted by Gasteiger charge is -2.30. The van der Waals surface area contributed by atoms with Crippen molar-refractivity contribution >= 4 is 16.8 Å². The second-order valence-electron chi connectivity index (χ2n) is 8.32. The van der Waals surface area contributed by atoms with Crippen molar-refractivity contribution in [1.29, 1.82) is 0 Å². The molecule has 1 atom stereocenters. The van der Waals surface area contributed by atoms with Crippen molar-refractivity contribution in [3.05, 3.63) is 40.6 Å². The fourth-order valence-corrected chi connectivity index (χ4v) is 4.13. The average Bonchev–Trinajstić information content (AvgIpc) is 2.78. The zero-order chi connectivity index (χ0) is 19.8. The number of carbonyl (C=O) groups excluding carboxylic acids is 1. The maximum Gasteiger partial charge on any atom is 0.254 e. The van der Waals surface area contributed by atoms with Crippen LogP contribution in [0, 0.1) is 20.8 Å². The lowest BCUT2D eigenvalue weighted by molar-refractivity contribution is 0.00305. The van der Waals surface area contributed by atoms with Gasteiger partial charge in [-0.05, 0) is 71.3 Å². The van der Waals surface area contributed by atoms with Crippen molar-refractivity contribution in [3.63, 3.8) is 0 Å². The lowest BCUT2D eigenvalue weighted by Crippen LogP contribution is -2.41. The minimum atomic E-state index is -0.720. The number of likely N-dealkylation sites (N-methyl/N-ethyl adjacent to an activating group) is 1. The normalized spacial score (nSPS) is 20.9. The number of hydrogen-bond acceptors (Lipinski definition) is 4. The Morgan fingerprint density at radius 1 is 1.22 bits per heavy atom. The highest BCUT2D eigenvalue weighted by atomic mass is 16.3. The van der Waals surface area contributed by atoms with E-state index >= 15 is 0 Å². The highest BCUT2D eigenvalue weighted by Gasteiger charge is 2.32. The number of pyridine rings is 1. The fraction of sp³-hybridized carbons (Fsp3) is 0.545. The highest BCUT2D eigenvalue weighted by molar-refractivity contribution is 6.07. The van der Waals surface area contributed by atoms with Crippen LogP contribution in [0.25, 0.3) is 10.9 Å². The molecule has 1 fully saturated rings. The Kier molecular flexibility index (Phi) is 5.54. The summed E-state index contributed by atoms with van der Waals surface area (Å²) in [5.74, 6) is 0.0443. The van der Waals surface area contributed by atoms with Crippen LogP contribution in [0.15, 0.2) is 18.2 Å². The summed E-state index contributed by atoms with van der Waals surface area (Å²) in [7, 11) is 3.95. The molecule has 0 unspecified atom stereocenters. The van der Waals surface area contributed by atoms with Gasteiger partial charge in [0.15, 0.2) is 0 Å². The van der Waals surface area contributed by atoms with Gasteiger partial charge in [-0.2, -0.15) is 0 Å². The third kappa shape index (κ3) is 4.14. The minimum absolute atomic E-state index is 0.0443. The summed E-state index contributed by atoms with van der Waals surface area (Å²) in [5, 5.41) is 11.8. The van der Waals surface area contributed by atoms with Crippen LogP contribution in [0.2, 0.25) is 0 Å². The van der Waals surface area contributed by atoms with E-state index in [9.17, 15) is 9.90 Å². The third-order valence-corrected chi connectivity index (χ3v) is 5.68. The number of aryl methyl sites for hydroxylation is 3. The molecule has 3 rings (SSSR count). The molecule has 1 aliphatic rings. The van der Waals surface area contributed by atoms with E-state index in [0.29, 0.717) is 26.1 Å². The van der Waals surface area contributed by atoms with Gasteiger partial charge in [-0.15, -0.1) is 0 Å². The molecule has 0 bridgehead atoms. The van der Waals surface area contributed by atoms with Crippen molar-refractivity contribution < 1.29 is 9.90 Å². The topological polar surface area (TPSA) is 56.7 Å². The van der Waals surface area contributed by atoms with E-state index < -0.39 is 5.60 Å². The number of rotatable bonds is 3. The van der Waals surface area contributed by atoms with Crippen LogP contribution >= 0.6 is 0 Å². The molecule has 1 N–H and O–H groups in total. The molecule has 1 saturated heterocycles. The molecular weight excluding hydrogens is 338 g/mol. The summed E-state index contributed by atoms with van der Waals surface area (Å²) in [6, 6.07) is 5.97. The number of likely N-dealkylation sites (tertiary alicyclic amines) is 1. The summed E-state index contributed by atoms with van der Waals surface area (Å²) < 4.78 is 0. The maximum absolute atomic E-state index is 13.4. The SMILES string of the molecule is Cc1cc(C(=O)N2CCC[C@](O)(CN(C)C)CC2)c2ccc(C)c(C)c2n1. The Hall–Kier alpha value is -1.98. The predicted octanol–water partition coefficient (Wildman–Crippen LogP) is 3.08. The first kappa shape index (κ1) is 19.8. The second-order valence-corrected chi connectivity index (χ2v) is 8.32. The number of benzene rings is 1. The number of aromatic nitrogens is 1. The summed E-state index contributed by atoms with van der Waals surface area (Å²) in [6.07, 6.45) is 2.15. The largest absolute Gasteiger partial charge is 0.388 e. The van der Waals surface area contributed by atoms with Gasteiger partial charge in [-0.1, -0.05) is 12.1 Å². The van der Waals surface area contributed by atoms with E-state index in [1.807, 2.05) is 43.0 Å². The number of aliphatic hydroxyl groups is 1. The van der Waals surface area contributed by atoms with E-state index in [2.05, 4.69) is 24.9 Å². The maximum atomic E-state index is 13.4. The molecule has 0 radical (unpaired) electrons. The number of amides is 1. The molecule has 0 spiro atoms. The molecule has 27 heavy (non-hydrogen) atoms. The Labute approximate surface area is 162 Å². The van der Waals surface area contributed by atoms with Crippen molar-refractivity contribution in [2.45, 2.75) is 45.6 Å². The molecular formula is C22H31N3O2. The van der Waals surface area contributed by atoms with E-state index in [1.54, 1.807) is 0 Å². The van der Waals surface area contributed by atoms with Crippen LogP contribution in [0.1, 0.15) is 46.4 Å². The van der Waals surface area contributed by atoms with E-state index in [4.69, 9.17) is 0 Å². The van der Waals surface area contributed by atoms with Gasteiger partial charge in [-0.3, -0.25) is 9.78 Å². The van der Waals surface area contributed by atoms with Gasteiger partial charge in [0.25, 0.3) is 5.91 Å². The molecule has 2 aromatic rings. The van der Waals surface area contributed by atoms with Crippen LogP contribution in [0.5, 0.6) is 0 Å². The molecule has 5 heteroatoms. The monoisotopic (exact) mass is 369 g/mol. The van der Waals surface area contributed by atoms with E-state index in [-0.39, 0.29) is 5.91 Å². The molecule has 5 nitrogen and oxygen atoms in total. The highest BCUT2D eigenvalue weighted by Crippen LogP contribution is 2.28. The molecule has 146 valence electrons. The summed E-state index contributed by atoms with van der Waals surface area (Å²) in [6.45, 7) is 7.96. The second kappa shape index (κ2) is 7.56. The smallest absolute Gasteiger partial charge is 0.254 e. The van der Waals surface area contributed by atoms with Crippen molar-refractivity contribution in [3.8, 4) is 0 Å². The Balaban J connectivity index is 1.91. The first-order valence-electron chi connectivity index (χ1n) is 9.74. The van der Waals surface area contributed by atoms with Crippen molar-refractivity contribution in [1.82, 2.24) is 14.8 Å². The van der Waals surface area contributed by atoms with Crippen LogP contribution in [-0.2, 0) is 0 Å². The van der Waals surface area contributed by atoms with Gasteiger partial charge in [0, 0.05) is 30.7 Å². The molecule has 2 heterocycles. The van der Waals surface area contributed by atoms with Gasteiger partial charge in [0.1, 0.15) is 0 Å². The van der Waals surface area contributed by atoms with Crippen LogP contribution in [0.4, 0.5) is 0 Å². The lowest BCUT2D eigenvalue weighted by atomic mass is 9.94. The summed E-state index contributed by atoms with van der Waals surface area (Å²) in [4.78, 5) is 22.0. The summed E-state index contributed by atoms with van der Waals surface area (Å²) >= 11 is 0. The molecule has 1 amide bonds. The third-order valence-electron chi connectivity index (χ3n) is 5.68. The van der Waals surface area contributed by atoms with E-state index in [0.717, 1.165) is 40.6 Å². The van der Waals surface area contributed by atoms with E-state index in [1.165, 1.54) is 5.56 Å². The first-order valence-corrected chi connectivity index (χ1v) is 9.74. The van der Waals surface area contributed by atoms with Crippen LogP contribution in [-0.4, -0.2) is 65.1 Å². The Bertz CT molecular complexity index is 862. The standard InChI is InChI=1S/C22H31N3O2/c1-15-7-8-18-19(13-16(2)23-20(18)17(15)3)21(26)25-11-6-9-22(27,10-12-25)14-24(4)5/h7-8,13,27H,6,9-12,14H2,1-5H3/t22-/m1/s1. The van der Waals surface area contributed by atoms with Crippen LogP contribution in [0.3, 0.4) is 0 Å². The Morgan fingerprint density at radius 2 is 1.96 bits per heavy atom. The molecule has 1 aromatic carbocycles. The van der Waals surface area contributed by atoms with Gasteiger partial charge in [-0.25, -0.2) is 0 Å². The zero-order valence-electron chi connectivity index (χ0n) is 17.2. The van der Waals surface area contributed by atoms with Gasteiger partial charge in [0.2, 0.25) is 0 Å². The predicted molar refractivity (Wildman–Crippen MR) is 109 cm³/mol. The average molecular weight is 370 g/mol. The van der Waals surface area contributed by atoms with Gasteiger partial charge in [0.05, 0.1) is 16.7 Å². The number of hydrogen-bond donors (Lipinski definition) is 1. The van der Waals surface area contributed by atoms with Crippen LogP contribution < -0.4 is 0 Å². The molecule has 0 aliphatic carbocycles. The van der Waals surface area contributed by atoms with Gasteiger partial charge >= 0.3 is 0 Å². The molecule has 1 aromatic heterocycles. The quantitative estimate of drug-likeness (QED) is 0.903. The zero-order valence-corrected chi connectivity index (χ0v) is 17.2. The number of carbonyl (C=O) groups is 1. The van der Waals surface area contributed by atoms with Crippen molar-refractivity contribution in [2.24, 2.45) is 0 Å².